The van der Waals surface area contributed by atoms with Crippen LogP contribution in [0, 0.1) is 0 Å². The van der Waals surface area contributed by atoms with Crippen LogP contribution in [0.5, 0.6) is 0 Å². The summed E-state index contributed by atoms with van der Waals surface area (Å²) < 4.78 is 17.2. The van der Waals surface area contributed by atoms with Crippen molar-refractivity contribution in [1.82, 2.24) is 9.97 Å². The number of benzene rings is 1. The van der Waals surface area contributed by atoms with Gasteiger partial charge in [0.15, 0.2) is 11.5 Å². The van der Waals surface area contributed by atoms with Crippen LogP contribution in [0.4, 0.5) is 11.5 Å². The normalized spacial score (nSPS) is 11.1. The number of hydrogen-bond donors (Lipinski definition) is 1. The van der Waals surface area contributed by atoms with E-state index in [2.05, 4.69) is 15.3 Å². The van der Waals surface area contributed by atoms with Gasteiger partial charge in [-0.3, -0.25) is 0 Å². The van der Waals surface area contributed by atoms with Gasteiger partial charge in [-0.1, -0.05) is 18.2 Å². The van der Waals surface area contributed by atoms with Gasteiger partial charge in [-0.15, -0.1) is 0 Å². The number of rotatable bonds is 4. The second-order valence-corrected chi connectivity index (χ2v) is 5.65. The lowest BCUT2D eigenvalue weighted by atomic mass is 10.1. The number of nitrogens with one attached hydrogen (secondary N) is 1. The quantitative estimate of drug-likeness (QED) is 0.465. The van der Waals surface area contributed by atoms with Gasteiger partial charge in [-0.2, -0.15) is 0 Å². The van der Waals surface area contributed by atoms with Crippen LogP contribution in [0.2, 0.25) is 0 Å². The molecule has 5 aromatic rings. The van der Waals surface area contributed by atoms with E-state index in [4.69, 9.17) is 13.3 Å². The molecule has 4 heterocycles. The molecule has 26 heavy (non-hydrogen) atoms. The predicted octanol–water partition coefficient (Wildman–Crippen LogP) is 5.49. The SMILES string of the molecule is c1ccc(Nc2ncnc3oc(-c4ccco4)c(-c4ccco4)c23)cc1. The van der Waals surface area contributed by atoms with E-state index in [1.54, 1.807) is 12.5 Å². The van der Waals surface area contributed by atoms with E-state index >= 15 is 0 Å². The Labute approximate surface area is 148 Å². The van der Waals surface area contributed by atoms with Gasteiger partial charge in [0.25, 0.3) is 0 Å². The molecule has 0 saturated heterocycles. The molecule has 0 aliphatic carbocycles. The number of hydrogen-bond acceptors (Lipinski definition) is 6. The third-order valence-electron chi connectivity index (χ3n) is 4.04. The van der Waals surface area contributed by atoms with E-state index in [1.165, 1.54) is 6.33 Å². The molecule has 0 unspecified atom stereocenters. The summed E-state index contributed by atoms with van der Waals surface area (Å²) in [5.74, 6) is 2.44. The van der Waals surface area contributed by atoms with Gasteiger partial charge in [0.2, 0.25) is 5.71 Å². The Morgan fingerprint density at radius 1 is 0.769 bits per heavy atom. The summed E-state index contributed by atoms with van der Waals surface area (Å²) >= 11 is 0. The molecule has 0 aliphatic rings. The van der Waals surface area contributed by atoms with Crippen molar-refractivity contribution in [2.24, 2.45) is 0 Å². The zero-order valence-corrected chi connectivity index (χ0v) is 13.5. The monoisotopic (exact) mass is 343 g/mol. The number of nitrogens with zero attached hydrogens (tertiary/aromatic N) is 2. The average Bonchev–Trinajstić information content (AvgIpc) is 3.42. The van der Waals surface area contributed by atoms with Crippen LogP contribution in [-0.2, 0) is 0 Å². The summed E-state index contributed by atoms with van der Waals surface area (Å²) in [7, 11) is 0. The third-order valence-corrected chi connectivity index (χ3v) is 4.04. The summed E-state index contributed by atoms with van der Waals surface area (Å²) in [6, 6.07) is 17.1. The van der Waals surface area contributed by atoms with Crippen molar-refractivity contribution >= 4 is 22.6 Å². The highest BCUT2D eigenvalue weighted by atomic mass is 16.4. The standard InChI is InChI=1S/C20H13N3O3/c1-2-6-13(7-3-1)23-19-17-16(14-8-4-10-24-14)18(15-9-5-11-25-15)26-20(17)22-12-21-19/h1-12H,(H,21,22,23). The molecular weight excluding hydrogens is 330 g/mol. The molecule has 0 fully saturated rings. The largest absolute Gasteiger partial charge is 0.464 e. The lowest BCUT2D eigenvalue weighted by molar-refractivity contribution is 0.536. The Balaban J connectivity index is 1.77. The van der Waals surface area contributed by atoms with Crippen LogP contribution >= 0.6 is 0 Å². The second kappa shape index (κ2) is 5.93. The summed E-state index contributed by atoms with van der Waals surface area (Å²) in [4.78, 5) is 8.70. The Kier molecular flexibility index (Phi) is 3.31. The maximum atomic E-state index is 6.00. The van der Waals surface area contributed by atoms with Gasteiger partial charge in [-0.25, -0.2) is 9.97 Å². The van der Waals surface area contributed by atoms with Crippen LogP contribution in [0.3, 0.4) is 0 Å². The van der Waals surface area contributed by atoms with Crippen molar-refractivity contribution in [1.29, 1.82) is 0 Å². The molecule has 1 N–H and O–H groups in total. The van der Waals surface area contributed by atoms with Gasteiger partial charge in [-0.05, 0) is 36.4 Å². The molecule has 1 aromatic carbocycles. The average molecular weight is 343 g/mol. The summed E-state index contributed by atoms with van der Waals surface area (Å²) in [6.07, 6.45) is 4.69. The molecule has 126 valence electrons. The van der Waals surface area contributed by atoms with E-state index in [1.807, 2.05) is 54.6 Å². The summed E-state index contributed by atoms with van der Waals surface area (Å²) in [6.45, 7) is 0. The second-order valence-electron chi connectivity index (χ2n) is 5.65. The first-order valence-electron chi connectivity index (χ1n) is 8.07. The van der Waals surface area contributed by atoms with Crippen LogP contribution in [-0.4, -0.2) is 9.97 Å². The lowest BCUT2D eigenvalue weighted by Crippen LogP contribution is -1.95. The first kappa shape index (κ1) is 14.5. The van der Waals surface area contributed by atoms with E-state index in [9.17, 15) is 0 Å². The highest BCUT2D eigenvalue weighted by molar-refractivity contribution is 6.05. The van der Waals surface area contributed by atoms with Crippen LogP contribution < -0.4 is 5.32 Å². The van der Waals surface area contributed by atoms with Crippen molar-refractivity contribution in [3.63, 3.8) is 0 Å². The minimum absolute atomic E-state index is 0.455. The van der Waals surface area contributed by atoms with Crippen molar-refractivity contribution in [3.8, 4) is 22.8 Å². The molecular formula is C20H13N3O3. The lowest BCUT2D eigenvalue weighted by Gasteiger charge is -2.06. The number of fused-ring (bicyclic) bond motifs is 1. The fourth-order valence-corrected chi connectivity index (χ4v) is 2.92. The fourth-order valence-electron chi connectivity index (χ4n) is 2.92. The van der Waals surface area contributed by atoms with Crippen molar-refractivity contribution < 1.29 is 13.3 Å². The first-order valence-corrected chi connectivity index (χ1v) is 8.07. The number of anilines is 2. The predicted molar refractivity (Wildman–Crippen MR) is 96.9 cm³/mol. The Bertz CT molecular complexity index is 1140. The third kappa shape index (κ3) is 2.36. The highest BCUT2D eigenvalue weighted by Crippen LogP contribution is 2.43. The van der Waals surface area contributed by atoms with Gasteiger partial charge < -0.3 is 18.6 Å². The van der Waals surface area contributed by atoms with Gasteiger partial charge in [0, 0.05) is 5.69 Å². The number of aromatic nitrogens is 2. The zero-order valence-electron chi connectivity index (χ0n) is 13.5. The molecule has 0 saturated carbocycles. The first-order chi connectivity index (χ1) is 12.9. The van der Waals surface area contributed by atoms with E-state index in [0.717, 1.165) is 16.6 Å². The summed E-state index contributed by atoms with van der Waals surface area (Å²) in [5.41, 5.74) is 2.12. The minimum atomic E-state index is 0.455. The smallest absolute Gasteiger partial charge is 0.232 e. The van der Waals surface area contributed by atoms with Gasteiger partial charge in [0.1, 0.15) is 17.9 Å². The van der Waals surface area contributed by atoms with Crippen LogP contribution in [0.1, 0.15) is 0 Å². The van der Waals surface area contributed by atoms with E-state index in [0.29, 0.717) is 28.8 Å². The molecule has 0 atom stereocenters. The molecule has 4 aromatic heterocycles. The minimum Gasteiger partial charge on any atom is -0.464 e. The Morgan fingerprint density at radius 2 is 1.54 bits per heavy atom. The highest BCUT2D eigenvalue weighted by Gasteiger charge is 2.25. The van der Waals surface area contributed by atoms with Gasteiger partial charge in [0.05, 0.1) is 23.5 Å². The molecule has 0 aliphatic heterocycles. The zero-order chi connectivity index (χ0) is 17.3. The van der Waals surface area contributed by atoms with Crippen LogP contribution in [0.15, 0.2) is 86.7 Å². The molecule has 0 radical (unpaired) electrons. The molecule has 5 rings (SSSR count). The van der Waals surface area contributed by atoms with E-state index < -0.39 is 0 Å². The van der Waals surface area contributed by atoms with E-state index in [-0.39, 0.29) is 0 Å². The number of furan rings is 3. The summed E-state index contributed by atoms with van der Waals surface area (Å²) in [5, 5.41) is 4.06. The Hall–Kier alpha value is -3.80. The maximum Gasteiger partial charge on any atom is 0.232 e. The molecule has 6 nitrogen and oxygen atoms in total. The number of para-hydroxylation sites is 1. The maximum absolute atomic E-state index is 6.00. The topological polar surface area (TPSA) is 77.2 Å². The van der Waals surface area contributed by atoms with Crippen molar-refractivity contribution in [2.75, 3.05) is 5.32 Å². The molecule has 0 bridgehead atoms. The fraction of sp³-hybridized carbons (Fsp3) is 0. The molecule has 6 heteroatoms. The van der Waals surface area contributed by atoms with Crippen LogP contribution in [0.25, 0.3) is 33.9 Å². The Morgan fingerprint density at radius 3 is 2.27 bits per heavy atom. The molecule has 0 amide bonds. The van der Waals surface area contributed by atoms with Gasteiger partial charge >= 0.3 is 0 Å². The molecule has 0 spiro atoms. The van der Waals surface area contributed by atoms with Crippen molar-refractivity contribution in [2.45, 2.75) is 0 Å². The van der Waals surface area contributed by atoms with Crippen molar-refractivity contribution in [3.05, 3.63) is 73.5 Å².